The van der Waals surface area contributed by atoms with Crippen LogP contribution in [0.4, 0.5) is 0 Å². The molecule has 80 valence electrons. The summed E-state index contributed by atoms with van der Waals surface area (Å²) < 4.78 is 0. The molecule has 1 aromatic rings. The number of carbonyl (C=O) groups excluding carboxylic acids is 1. The Balaban J connectivity index is 2.26. The molecule has 2 rings (SSSR count). The topological polar surface area (TPSA) is 71.2 Å². The Bertz CT molecular complexity index is 435. The predicted molar refractivity (Wildman–Crippen MR) is 53.5 cm³/mol. The predicted octanol–water partition coefficient (Wildman–Crippen LogP) is 0.544. The zero-order valence-electron chi connectivity index (χ0n) is 8.37. The molecule has 1 aliphatic rings. The number of pyridine rings is 1. The number of hydrogen-bond donors (Lipinski definition) is 2. The minimum atomic E-state index is -0.527. The van der Waals surface area contributed by atoms with Crippen molar-refractivity contribution in [2.75, 3.05) is 7.11 Å². The smallest absolute Gasteiger partial charge is 0.280 e. The molecule has 5 heteroatoms. The first-order valence-electron chi connectivity index (χ1n) is 4.79. The molecule has 0 saturated heterocycles. The van der Waals surface area contributed by atoms with Gasteiger partial charge in [0.2, 0.25) is 0 Å². The minimum absolute atomic E-state index is 0.0706. The average molecular weight is 208 g/mol. The van der Waals surface area contributed by atoms with Gasteiger partial charge in [0.15, 0.2) is 0 Å². The van der Waals surface area contributed by atoms with Crippen LogP contribution in [0.3, 0.4) is 0 Å². The fourth-order valence-electron chi connectivity index (χ4n) is 1.45. The Kier molecular flexibility index (Phi) is 2.55. The monoisotopic (exact) mass is 208 g/mol. The van der Waals surface area contributed by atoms with Gasteiger partial charge in [0.25, 0.3) is 11.5 Å². The second-order valence-corrected chi connectivity index (χ2v) is 3.57. The van der Waals surface area contributed by atoms with Crippen molar-refractivity contribution < 1.29 is 9.63 Å². The van der Waals surface area contributed by atoms with Crippen molar-refractivity contribution in [3.05, 3.63) is 33.7 Å². The lowest BCUT2D eigenvalue weighted by Gasteiger charge is -2.02. The van der Waals surface area contributed by atoms with Crippen LogP contribution in [0.25, 0.3) is 0 Å². The Morgan fingerprint density at radius 2 is 2.27 bits per heavy atom. The van der Waals surface area contributed by atoms with Crippen LogP contribution in [-0.4, -0.2) is 18.0 Å². The number of aromatic nitrogens is 1. The lowest BCUT2D eigenvalue weighted by Crippen LogP contribution is -2.29. The minimum Gasteiger partial charge on any atom is -0.325 e. The van der Waals surface area contributed by atoms with E-state index in [0.29, 0.717) is 5.92 Å². The highest BCUT2D eigenvalue weighted by atomic mass is 16.6. The van der Waals surface area contributed by atoms with Crippen LogP contribution < -0.4 is 11.0 Å². The zero-order valence-corrected chi connectivity index (χ0v) is 8.37. The van der Waals surface area contributed by atoms with E-state index in [9.17, 15) is 9.59 Å². The molecule has 0 atom stereocenters. The van der Waals surface area contributed by atoms with Crippen molar-refractivity contribution >= 4 is 5.91 Å². The van der Waals surface area contributed by atoms with Gasteiger partial charge in [-0.2, -0.15) is 0 Å². The summed E-state index contributed by atoms with van der Waals surface area (Å²) in [6.45, 7) is 0. The first-order valence-corrected chi connectivity index (χ1v) is 4.79. The largest absolute Gasteiger partial charge is 0.325 e. The van der Waals surface area contributed by atoms with Crippen LogP contribution in [0.15, 0.2) is 16.9 Å². The highest BCUT2D eigenvalue weighted by molar-refractivity contribution is 5.92. The number of hydroxylamine groups is 1. The molecule has 1 saturated carbocycles. The van der Waals surface area contributed by atoms with E-state index >= 15 is 0 Å². The summed E-state index contributed by atoms with van der Waals surface area (Å²) in [6, 6.07) is 3.31. The lowest BCUT2D eigenvalue weighted by molar-refractivity contribution is 0.0536. The van der Waals surface area contributed by atoms with Crippen molar-refractivity contribution in [3.8, 4) is 0 Å². The normalized spacial score (nSPS) is 15.0. The van der Waals surface area contributed by atoms with Crippen molar-refractivity contribution in [3.63, 3.8) is 0 Å². The molecule has 1 fully saturated rings. The highest BCUT2D eigenvalue weighted by Gasteiger charge is 2.25. The quantitative estimate of drug-likeness (QED) is 0.712. The van der Waals surface area contributed by atoms with Gasteiger partial charge in [-0.05, 0) is 30.9 Å². The van der Waals surface area contributed by atoms with Crippen LogP contribution in [0.5, 0.6) is 0 Å². The molecule has 0 spiro atoms. The van der Waals surface area contributed by atoms with Crippen LogP contribution in [-0.2, 0) is 4.84 Å². The molecule has 0 aliphatic heterocycles. The number of hydrogen-bond acceptors (Lipinski definition) is 3. The molecule has 1 aliphatic carbocycles. The van der Waals surface area contributed by atoms with E-state index in [-0.39, 0.29) is 11.1 Å². The second-order valence-electron chi connectivity index (χ2n) is 3.57. The molecule has 15 heavy (non-hydrogen) atoms. The van der Waals surface area contributed by atoms with Crippen molar-refractivity contribution in [2.45, 2.75) is 18.8 Å². The Morgan fingerprint density at radius 3 is 2.80 bits per heavy atom. The number of amides is 1. The van der Waals surface area contributed by atoms with E-state index in [4.69, 9.17) is 0 Å². The Labute approximate surface area is 86.4 Å². The molecule has 1 aromatic heterocycles. The van der Waals surface area contributed by atoms with Gasteiger partial charge in [-0.3, -0.25) is 14.4 Å². The van der Waals surface area contributed by atoms with Crippen LogP contribution in [0, 0.1) is 0 Å². The fourth-order valence-corrected chi connectivity index (χ4v) is 1.45. The number of aromatic amines is 1. The molecular formula is C10H12N2O3. The molecule has 1 amide bonds. The Hall–Kier alpha value is -1.62. The summed E-state index contributed by atoms with van der Waals surface area (Å²) in [5.74, 6) is -0.0571. The molecule has 1 heterocycles. The van der Waals surface area contributed by atoms with E-state index in [1.807, 2.05) is 0 Å². The molecule has 0 aromatic carbocycles. The van der Waals surface area contributed by atoms with Crippen LogP contribution >= 0.6 is 0 Å². The van der Waals surface area contributed by atoms with Gasteiger partial charge in [-0.15, -0.1) is 0 Å². The van der Waals surface area contributed by atoms with Gasteiger partial charge in [-0.1, -0.05) is 0 Å². The number of H-pyrrole nitrogens is 1. The van der Waals surface area contributed by atoms with Crippen LogP contribution in [0.2, 0.25) is 0 Å². The average Bonchev–Trinajstić information content (AvgIpc) is 3.01. The second kappa shape index (κ2) is 3.86. The van der Waals surface area contributed by atoms with Crippen LogP contribution in [0.1, 0.15) is 34.8 Å². The van der Waals surface area contributed by atoms with Crippen molar-refractivity contribution in [1.29, 1.82) is 0 Å². The highest BCUT2D eigenvalue weighted by Crippen LogP contribution is 2.38. The van der Waals surface area contributed by atoms with E-state index in [2.05, 4.69) is 15.3 Å². The number of carbonyl (C=O) groups is 1. The standard InChI is InChI=1S/C10H12N2O3/c1-15-12-10(14)7-4-5-8(6-2-3-6)11-9(7)13/h4-6H,2-3H2,1H3,(H,11,13)(H,12,14). The summed E-state index contributed by atoms with van der Waals surface area (Å²) in [5, 5.41) is 0. The summed E-state index contributed by atoms with van der Waals surface area (Å²) in [6.07, 6.45) is 2.22. The van der Waals surface area contributed by atoms with Crippen molar-refractivity contribution in [2.24, 2.45) is 0 Å². The lowest BCUT2D eigenvalue weighted by atomic mass is 10.2. The third kappa shape index (κ3) is 2.07. The third-order valence-corrected chi connectivity index (χ3v) is 2.39. The van der Waals surface area contributed by atoms with E-state index < -0.39 is 5.91 Å². The van der Waals surface area contributed by atoms with E-state index in [0.717, 1.165) is 18.5 Å². The SMILES string of the molecule is CONC(=O)c1ccc(C2CC2)[nH]c1=O. The zero-order chi connectivity index (χ0) is 10.8. The maximum Gasteiger partial charge on any atom is 0.280 e. The maximum absolute atomic E-state index is 11.5. The molecule has 0 bridgehead atoms. The molecule has 0 radical (unpaired) electrons. The summed E-state index contributed by atoms with van der Waals surface area (Å²) >= 11 is 0. The van der Waals surface area contributed by atoms with Gasteiger partial charge in [0, 0.05) is 5.69 Å². The van der Waals surface area contributed by atoms with Gasteiger partial charge < -0.3 is 4.98 Å². The third-order valence-electron chi connectivity index (χ3n) is 2.39. The van der Waals surface area contributed by atoms with Crippen molar-refractivity contribution in [1.82, 2.24) is 10.5 Å². The molecular weight excluding hydrogens is 196 g/mol. The first kappa shape index (κ1) is 9.92. The number of nitrogens with one attached hydrogen (secondary N) is 2. The van der Waals surface area contributed by atoms with E-state index in [1.165, 1.54) is 13.2 Å². The van der Waals surface area contributed by atoms with Gasteiger partial charge in [0.05, 0.1) is 7.11 Å². The summed E-state index contributed by atoms with van der Waals surface area (Å²) in [7, 11) is 1.32. The van der Waals surface area contributed by atoms with Gasteiger partial charge in [0.1, 0.15) is 5.56 Å². The van der Waals surface area contributed by atoms with Gasteiger partial charge >= 0.3 is 0 Å². The molecule has 2 N–H and O–H groups in total. The first-order chi connectivity index (χ1) is 7.22. The number of rotatable bonds is 3. The van der Waals surface area contributed by atoms with E-state index in [1.54, 1.807) is 6.07 Å². The van der Waals surface area contributed by atoms with Gasteiger partial charge in [-0.25, -0.2) is 5.48 Å². The summed E-state index contributed by atoms with van der Waals surface area (Å²) in [4.78, 5) is 30.0. The molecule has 5 nitrogen and oxygen atoms in total. The Morgan fingerprint density at radius 1 is 1.53 bits per heavy atom. The maximum atomic E-state index is 11.5. The summed E-state index contributed by atoms with van der Waals surface area (Å²) in [5.41, 5.74) is 2.72. The fraction of sp³-hybridized carbons (Fsp3) is 0.400. The molecule has 0 unspecified atom stereocenters.